The lowest BCUT2D eigenvalue weighted by atomic mass is 10.1. The predicted octanol–water partition coefficient (Wildman–Crippen LogP) is 2.91. The van der Waals surface area contributed by atoms with E-state index in [0.717, 1.165) is 24.3 Å². The van der Waals surface area contributed by atoms with Gasteiger partial charge in [-0.15, -0.1) is 0 Å². The highest BCUT2D eigenvalue weighted by Gasteiger charge is 2.29. The number of hydrogen-bond acceptors (Lipinski definition) is 4. The fourth-order valence-electron chi connectivity index (χ4n) is 2.99. The van der Waals surface area contributed by atoms with E-state index >= 15 is 0 Å². The number of carbonyl (C=O) groups excluding carboxylic acids is 1. The van der Waals surface area contributed by atoms with E-state index in [4.69, 9.17) is 10.2 Å². The van der Waals surface area contributed by atoms with Crippen LogP contribution in [0.4, 0.5) is 0 Å². The maximum Gasteiger partial charge on any atom is 0.255 e. The molecule has 1 atom stereocenters. The summed E-state index contributed by atoms with van der Waals surface area (Å²) in [6.45, 7) is 2.34. The molecule has 1 amide bonds. The minimum atomic E-state index is -0.188. The number of para-hydroxylation sites is 1. The van der Waals surface area contributed by atoms with Gasteiger partial charge < -0.3 is 15.5 Å². The molecular formula is C20H22N4O2. The summed E-state index contributed by atoms with van der Waals surface area (Å²) in [5.74, 6) is 1.70. The number of aromatic nitrogens is 2. The highest BCUT2D eigenvalue weighted by molar-refractivity contribution is 5.99. The highest BCUT2D eigenvalue weighted by atomic mass is 16.3. The SMILES string of the molecule is Cc1ccc(-c2nn(-c3ccccc3)cc2C(=O)NCC(N)C2CC2)o1. The van der Waals surface area contributed by atoms with Gasteiger partial charge in [0.2, 0.25) is 0 Å². The number of furan rings is 1. The first kappa shape index (κ1) is 16.6. The Morgan fingerprint density at radius 2 is 2.08 bits per heavy atom. The van der Waals surface area contributed by atoms with Gasteiger partial charge in [0.15, 0.2) is 5.76 Å². The number of nitrogens with two attached hydrogens (primary N) is 1. The number of nitrogens with one attached hydrogen (secondary N) is 1. The summed E-state index contributed by atoms with van der Waals surface area (Å²) in [6.07, 6.45) is 4.04. The van der Waals surface area contributed by atoms with Gasteiger partial charge in [-0.05, 0) is 49.9 Å². The van der Waals surface area contributed by atoms with E-state index in [9.17, 15) is 4.79 Å². The van der Waals surface area contributed by atoms with Crippen molar-refractivity contribution >= 4 is 5.91 Å². The molecule has 0 saturated heterocycles. The molecule has 1 aliphatic rings. The molecule has 0 aliphatic heterocycles. The fraction of sp³-hybridized carbons (Fsp3) is 0.300. The number of rotatable bonds is 6. The van der Waals surface area contributed by atoms with Crippen molar-refractivity contribution in [1.82, 2.24) is 15.1 Å². The Morgan fingerprint density at radius 3 is 2.73 bits per heavy atom. The van der Waals surface area contributed by atoms with Crippen LogP contribution in [0.15, 0.2) is 53.1 Å². The molecule has 1 saturated carbocycles. The standard InChI is InChI=1S/C20H22N4O2/c1-13-7-10-18(26-13)19-16(20(25)22-11-17(21)14-8-9-14)12-24(23-19)15-5-3-2-4-6-15/h2-7,10,12,14,17H,8-9,11,21H2,1H3,(H,22,25). The lowest BCUT2D eigenvalue weighted by Gasteiger charge is -2.11. The third-order valence-corrected chi connectivity index (χ3v) is 4.68. The van der Waals surface area contributed by atoms with Crippen molar-refractivity contribution in [3.63, 3.8) is 0 Å². The molecule has 2 heterocycles. The van der Waals surface area contributed by atoms with E-state index in [2.05, 4.69) is 10.4 Å². The maximum absolute atomic E-state index is 12.8. The molecular weight excluding hydrogens is 328 g/mol. The van der Waals surface area contributed by atoms with Crippen LogP contribution in [0.3, 0.4) is 0 Å². The second-order valence-corrected chi connectivity index (χ2v) is 6.79. The zero-order chi connectivity index (χ0) is 18.1. The molecule has 26 heavy (non-hydrogen) atoms. The third kappa shape index (κ3) is 3.41. The zero-order valence-electron chi connectivity index (χ0n) is 14.7. The van der Waals surface area contributed by atoms with Crippen LogP contribution in [0.2, 0.25) is 0 Å². The summed E-state index contributed by atoms with van der Waals surface area (Å²) in [4.78, 5) is 12.8. The molecule has 6 nitrogen and oxygen atoms in total. The Bertz CT molecular complexity index is 909. The van der Waals surface area contributed by atoms with E-state index < -0.39 is 0 Å². The highest BCUT2D eigenvalue weighted by Crippen LogP contribution is 2.31. The molecule has 0 bridgehead atoms. The number of nitrogens with zero attached hydrogens (tertiary/aromatic N) is 2. The van der Waals surface area contributed by atoms with Gasteiger partial charge in [-0.1, -0.05) is 18.2 Å². The van der Waals surface area contributed by atoms with Crippen LogP contribution >= 0.6 is 0 Å². The van der Waals surface area contributed by atoms with Gasteiger partial charge in [0, 0.05) is 18.8 Å². The number of amides is 1. The van der Waals surface area contributed by atoms with Crippen molar-refractivity contribution in [2.75, 3.05) is 6.54 Å². The van der Waals surface area contributed by atoms with Crippen molar-refractivity contribution in [3.8, 4) is 17.1 Å². The van der Waals surface area contributed by atoms with Gasteiger partial charge in [0.1, 0.15) is 11.5 Å². The topological polar surface area (TPSA) is 86.1 Å². The first-order valence-electron chi connectivity index (χ1n) is 8.87. The van der Waals surface area contributed by atoms with Gasteiger partial charge in [0.05, 0.1) is 11.3 Å². The van der Waals surface area contributed by atoms with Crippen molar-refractivity contribution in [2.45, 2.75) is 25.8 Å². The molecule has 4 rings (SSSR count). The second kappa shape index (κ2) is 6.80. The zero-order valence-corrected chi connectivity index (χ0v) is 14.7. The first-order chi connectivity index (χ1) is 12.6. The van der Waals surface area contributed by atoms with Crippen LogP contribution in [0.1, 0.15) is 29.0 Å². The monoisotopic (exact) mass is 350 g/mol. The molecule has 1 aromatic carbocycles. The van der Waals surface area contributed by atoms with Crippen LogP contribution in [0.25, 0.3) is 17.1 Å². The van der Waals surface area contributed by atoms with Crippen molar-refractivity contribution in [3.05, 3.63) is 60.0 Å². The molecule has 3 aromatic rings. The lowest BCUT2D eigenvalue weighted by molar-refractivity contribution is 0.0950. The molecule has 0 radical (unpaired) electrons. The summed E-state index contributed by atoms with van der Waals surface area (Å²) in [7, 11) is 0. The van der Waals surface area contributed by atoms with E-state index in [1.807, 2.05) is 49.4 Å². The van der Waals surface area contributed by atoms with E-state index in [-0.39, 0.29) is 11.9 Å². The Balaban J connectivity index is 1.64. The Hall–Kier alpha value is -2.86. The summed E-state index contributed by atoms with van der Waals surface area (Å²) in [5.41, 5.74) is 7.99. The average molecular weight is 350 g/mol. The molecule has 3 N–H and O–H groups in total. The van der Waals surface area contributed by atoms with E-state index in [1.54, 1.807) is 10.9 Å². The smallest absolute Gasteiger partial charge is 0.255 e. The fourth-order valence-corrected chi connectivity index (χ4v) is 2.99. The van der Waals surface area contributed by atoms with Crippen LogP contribution in [-0.2, 0) is 0 Å². The summed E-state index contributed by atoms with van der Waals surface area (Å²) in [6, 6.07) is 13.4. The quantitative estimate of drug-likeness (QED) is 0.716. The number of benzene rings is 1. The average Bonchev–Trinajstić information content (AvgIpc) is 3.27. The molecule has 6 heteroatoms. The summed E-state index contributed by atoms with van der Waals surface area (Å²) < 4.78 is 7.40. The van der Waals surface area contributed by atoms with Crippen LogP contribution in [0, 0.1) is 12.8 Å². The normalized spacial score (nSPS) is 15.0. The van der Waals surface area contributed by atoms with E-state index in [1.165, 1.54) is 0 Å². The molecule has 1 aliphatic carbocycles. The predicted molar refractivity (Wildman–Crippen MR) is 99.0 cm³/mol. The largest absolute Gasteiger partial charge is 0.460 e. The van der Waals surface area contributed by atoms with Crippen LogP contribution < -0.4 is 11.1 Å². The molecule has 134 valence electrons. The molecule has 1 unspecified atom stereocenters. The Kier molecular flexibility index (Phi) is 4.34. The Labute approximate surface area is 152 Å². The summed E-state index contributed by atoms with van der Waals surface area (Å²) >= 11 is 0. The van der Waals surface area contributed by atoms with E-state index in [0.29, 0.717) is 29.5 Å². The number of aryl methyl sites for hydroxylation is 1. The number of hydrogen-bond donors (Lipinski definition) is 2. The van der Waals surface area contributed by atoms with Crippen molar-refractivity contribution < 1.29 is 9.21 Å². The molecule has 2 aromatic heterocycles. The number of carbonyl (C=O) groups is 1. The van der Waals surface area contributed by atoms with Crippen molar-refractivity contribution in [1.29, 1.82) is 0 Å². The summed E-state index contributed by atoms with van der Waals surface area (Å²) in [5, 5.41) is 7.53. The maximum atomic E-state index is 12.8. The van der Waals surface area contributed by atoms with Gasteiger partial charge >= 0.3 is 0 Å². The first-order valence-corrected chi connectivity index (χ1v) is 8.87. The van der Waals surface area contributed by atoms with Gasteiger partial charge in [-0.25, -0.2) is 4.68 Å². The molecule has 0 spiro atoms. The Morgan fingerprint density at radius 1 is 1.31 bits per heavy atom. The van der Waals surface area contributed by atoms with Gasteiger partial charge in [-0.3, -0.25) is 4.79 Å². The third-order valence-electron chi connectivity index (χ3n) is 4.68. The minimum Gasteiger partial charge on any atom is -0.460 e. The second-order valence-electron chi connectivity index (χ2n) is 6.79. The molecule has 1 fully saturated rings. The lowest BCUT2D eigenvalue weighted by Crippen LogP contribution is -2.38. The van der Waals surface area contributed by atoms with Crippen LogP contribution in [0.5, 0.6) is 0 Å². The van der Waals surface area contributed by atoms with Gasteiger partial charge in [0.25, 0.3) is 5.91 Å². The van der Waals surface area contributed by atoms with Crippen molar-refractivity contribution in [2.24, 2.45) is 11.7 Å². The minimum absolute atomic E-state index is 0.0115. The van der Waals surface area contributed by atoms with Crippen LogP contribution in [-0.4, -0.2) is 28.3 Å². The van der Waals surface area contributed by atoms with Gasteiger partial charge in [-0.2, -0.15) is 5.10 Å².